The molecule has 3 heteroatoms. The third-order valence-electron chi connectivity index (χ3n) is 4.32. The zero-order valence-electron chi connectivity index (χ0n) is 10.7. The number of likely N-dealkylation sites (tertiary alicyclic amines) is 1. The summed E-state index contributed by atoms with van der Waals surface area (Å²) in [6.07, 6.45) is 5.54. The van der Waals surface area contributed by atoms with Gasteiger partial charge in [0.2, 0.25) is 0 Å². The Morgan fingerprint density at radius 3 is 2.56 bits per heavy atom. The van der Waals surface area contributed by atoms with E-state index in [4.69, 9.17) is 0 Å². The first-order valence-electron chi connectivity index (χ1n) is 6.72. The Morgan fingerprint density at radius 2 is 2.00 bits per heavy atom. The van der Waals surface area contributed by atoms with Gasteiger partial charge >= 0.3 is 0 Å². The van der Waals surface area contributed by atoms with Crippen molar-refractivity contribution in [2.45, 2.75) is 50.7 Å². The molecular formula is C13H26N2O. The molecule has 1 unspecified atom stereocenters. The highest BCUT2D eigenvalue weighted by molar-refractivity contribution is 4.89. The molecule has 2 N–H and O–H groups in total. The molecule has 0 aromatic rings. The highest BCUT2D eigenvalue weighted by Crippen LogP contribution is 2.31. The van der Waals surface area contributed by atoms with Gasteiger partial charge in [0.15, 0.2) is 0 Å². The summed E-state index contributed by atoms with van der Waals surface area (Å²) in [6.45, 7) is 5.40. The van der Waals surface area contributed by atoms with Gasteiger partial charge < -0.3 is 15.3 Å². The number of likely N-dealkylation sites (N-methyl/N-ethyl adjacent to an activating group) is 1. The fourth-order valence-corrected chi connectivity index (χ4v) is 2.91. The average Bonchev–Trinajstić information content (AvgIpc) is 2.67. The van der Waals surface area contributed by atoms with E-state index >= 15 is 0 Å². The SMILES string of the molecule is CC1CCC(O)(CNC2CCN(C)C2)CC1. The Bertz CT molecular complexity index is 224. The second kappa shape index (κ2) is 5.03. The first-order valence-corrected chi connectivity index (χ1v) is 6.72. The van der Waals surface area contributed by atoms with Crippen molar-refractivity contribution >= 4 is 0 Å². The van der Waals surface area contributed by atoms with Crippen LogP contribution in [-0.2, 0) is 0 Å². The average molecular weight is 226 g/mol. The molecule has 0 radical (unpaired) electrons. The largest absolute Gasteiger partial charge is 0.389 e. The predicted octanol–water partition coefficient (Wildman–Crippen LogP) is 1.22. The van der Waals surface area contributed by atoms with E-state index in [-0.39, 0.29) is 0 Å². The fraction of sp³-hybridized carbons (Fsp3) is 1.00. The lowest BCUT2D eigenvalue weighted by Crippen LogP contribution is -2.47. The Kier molecular flexibility index (Phi) is 3.88. The molecule has 1 heterocycles. The lowest BCUT2D eigenvalue weighted by molar-refractivity contribution is -0.00790. The Morgan fingerprint density at radius 1 is 1.31 bits per heavy atom. The maximum Gasteiger partial charge on any atom is 0.0771 e. The van der Waals surface area contributed by atoms with Crippen LogP contribution >= 0.6 is 0 Å². The topological polar surface area (TPSA) is 35.5 Å². The minimum absolute atomic E-state index is 0.423. The monoisotopic (exact) mass is 226 g/mol. The summed E-state index contributed by atoms with van der Waals surface area (Å²) >= 11 is 0. The van der Waals surface area contributed by atoms with Gasteiger partial charge in [-0.1, -0.05) is 6.92 Å². The minimum atomic E-state index is -0.423. The van der Waals surface area contributed by atoms with E-state index in [9.17, 15) is 5.11 Å². The molecule has 16 heavy (non-hydrogen) atoms. The minimum Gasteiger partial charge on any atom is -0.389 e. The van der Waals surface area contributed by atoms with E-state index in [0.29, 0.717) is 6.04 Å². The van der Waals surface area contributed by atoms with Crippen LogP contribution < -0.4 is 5.32 Å². The molecule has 2 rings (SSSR count). The lowest BCUT2D eigenvalue weighted by atomic mass is 9.79. The summed E-state index contributed by atoms with van der Waals surface area (Å²) in [5.74, 6) is 0.804. The highest BCUT2D eigenvalue weighted by atomic mass is 16.3. The van der Waals surface area contributed by atoms with Crippen molar-refractivity contribution < 1.29 is 5.11 Å². The second-order valence-electron chi connectivity index (χ2n) is 6.04. The Labute approximate surface area is 99.2 Å². The van der Waals surface area contributed by atoms with Gasteiger partial charge in [-0.3, -0.25) is 0 Å². The van der Waals surface area contributed by atoms with Gasteiger partial charge in [0, 0.05) is 19.1 Å². The van der Waals surface area contributed by atoms with Gasteiger partial charge in [0.25, 0.3) is 0 Å². The molecule has 1 atom stereocenters. The van der Waals surface area contributed by atoms with Crippen LogP contribution in [0, 0.1) is 5.92 Å². The van der Waals surface area contributed by atoms with Gasteiger partial charge in [-0.15, -0.1) is 0 Å². The molecule has 94 valence electrons. The van der Waals surface area contributed by atoms with Crippen LogP contribution in [0.2, 0.25) is 0 Å². The van der Waals surface area contributed by atoms with E-state index in [1.807, 2.05) is 0 Å². The number of nitrogens with one attached hydrogen (secondary N) is 1. The van der Waals surface area contributed by atoms with Crippen LogP contribution in [0.25, 0.3) is 0 Å². The van der Waals surface area contributed by atoms with E-state index < -0.39 is 5.60 Å². The number of rotatable bonds is 3. The smallest absolute Gasteiger partial charge is 0.0771 e. The van der Waals surface area contributed by atoms with E-state index in [1.54, 1.807) is 0 Å². The maximum absolute atomic E-state index is 10.4. The summed E-state index contributed by atoms with van der Waals surface area (Å²) in [5.41, 5.74) is -0.423. The summed E-state index contributed by atoms with van der Waals surface area (Å²) in [7, 11) is 2.17. The van der Waals surface area contributed by atoms with Gasteiger partial charge in [-0.2, -0.15) is 0 Å². The van der Waals surface area contributed by atoms with E-state index in [0.717, 1.165) is 31.8 Å². The quantitative estimate of drug-likeness (QED) is 0.759. The third kappa shape index (κ3) is 3.19. The summed E-state index contributed by atoms with van der Waals surface area (Å²) in [4.78, 5) is 2.35. The van der Waals surface area contributed by atoms with E-state index in [2.05, 4.69) is 24.2 Å². The standard InChI is InChI=1S/C13H26N2O/c1-11-3-6-13(16,7-4-11)10-14-12-5-8-15(2)9-12/h11-12,14,16H,3-10H2,1-2H3. The number of hydrogen-bond acceptors (Lipinski definition) is 3. The van der Waals surface area contributed by atoms with E-state index in [1.165, 1.54) is 25.8 Å². The Hall–Kier alpha value is -0.120. The van der Waals surface area contributed by atoms with Crippen LogP contribution in [0.15, 0.2) is 0 Å². The molecule has 0 aromatic carbocycles. The molecule has 1 aliphatic heterocycles. The number of nitrogens with zero attached hydrogens (tertiary/aromatic N) is 1. The molecular weight excluding hydrogens is 200 g/mol. The van der Waals surface area contributed by atoms with Crippen molar-refractivity contribution in [2.75, 3.05) is 26.7 Å². The van der Waals surface area contributed by atoms with Crippen LogP contribution in [0.3, 0.4) is 0 Å². The van der Waals surface area contributed by atoms with Crippen LogP contribution in [0.1, 0.15) is 39.0 Å². The normalized spacial score (nSPS) is 41.4. The molecule has 0 aromatic heterocycles. The fourth-order valence-electron chi connectivity index (χ4n) is 2.91. The zero-order chi connectivity index (χ0) is 11.6. The van der Waals surface area contributed by atoms with Gasteiger partial charge in [-0.05, 0) is 51.6 Å². The zero-order valence-corrected chi connectivity index (χ0v) is 10.7. The molecule has 1 aliphatic carbocycles. The van der Waals surface area contributed by atoms with Crippen LogP contribution in [-0.4, -0.2) is 48.3 Å². The molecule has 0 amide bonds. The molecule has 1 saturated carbocycles. The first-order chi connectivity index (χ1) is 7.57. The molecule has 3 nitrogen and oxygen atoms in total. The van der Waals surface area contributed by atoms with Crippen LogP contribution in [0.5, 0.6) is 0 Å². The summed E-state index contributed by atoms with van der Waals surface area (Å²) < 4.78 is 0. The molecule has 1 saturated heterocycles. The van der Waals surface area contributed by atoms with Crippen LogP contribution in [0.4, 0.5) is 0 Å². The van der Waals surface area contributed by atoms with Crippen molar-refractivity contribution in [3.8, 4) is 0 Å². The molecule has 2 fully saturated rings. The Balaban J connectivity index is 1.72. The van der Waals surface area contributed by atoms with Crippen molar-refractivity contribution in [1.29, 1.82) is 0 Å². The maximum atomic E-state index is 10.4. The van der Waals surface area contributed by atoms with Crippen molar-refractivity contribution in [2.24, 2.45) is 5.92 Å². The lowest BCUT2D eigenvalue weighted by Gasteiger charge is -2.35. The second-order valence-corrected chi connectivity index (χ2v) is 6.04. The molecule has 2 aliphatic rings. The number of aliphatic hydroxyl groups is 1. The summed E-state index contributed by atoms with van der Waals surface area (Å²) in [5, 5.41) is 14.0. The van der Waals surface area contributed by atoms with Gasteiger partial charge in [0.1, 0.15) is 0 Å². The third-order valence-corrected chi connectivity index (χ3v) is 4.32. The number of hydrogen-bond donors (Lipinski definition) is 2. The molecule has 0 spiro atoms. The van der Waals surface area contributed by atoms with Gasteiger partial charge in [0.05, 0.1) is 5.60 Å². The molecule has 0 bridgehead atoms. The van der Waals surface area contributed by atoms with Gasteiger partial charge in [-0.25, -0.2) is 0 Å². The first kappa shape index (κ1) is 12.3. The van der Waals surface area contributed by atoms with Crippen molar-refractivity contribution in [3.63, 3.8) is 0 Å². The van der Waals surface area contributed by atoms with Crippen molar-refractivity contribution in [1.82, 2.24) is 10.2 Å². The highest BCUT2D eigenvalue weighted by Gasteiger charge is 2.32. The summed E-state index contributed by atoms with van der Waals surface area (Å²) in [6, 6.07) is 0.591. The predicted molar refractivity (Wildman–Crippen MR) is 66.5 cm³/mol. The van der Waals surface area contributed by atoms with Crippen molar-refractivity contribution in [3.05, 3.63) is 0 Å².